The predicted octanol–water partition coefficient (Wildman–Crippen LogP) is 3.86. The van der Waals surface area contributed by atoms with Gasteiger partial charge in [-0.25, -0.2) is 14.2 Å². The molecule has 0 bridgehead atoms. The van der Waals surface area contributed by atoms with Gasteiger partial charge in [-0.05, 0) is 41.8 Å². The van der Waals surface area contributed by atoms with Crippen molar-refractivity contribution in [3.05, 3.63) is 66.1 Å². The molecule has 1 aromatic heterocycles. The highest BCUT2D eigenvalue weighted by molar-refractivity contribution is 5.94. The number of carbonyl (C=O) groups is 1. The highest BCUT2D eigenvalue weighted by Gasteiger charge is 2.12. The Kier molecular flexibility index (Phi) is 3.23. The third-order valence-corrected chi connectivity index (χ3v) is 2.95. The fraction of sp³-hybridized carbons (Fsp3) is 0. The third kappa shape index (κ3) is 2.67. The molecule has 21 heavy (non-hydrogen) atoms. The molecule has 0 aliphatic carbocycles. The molecular weight excluding hydrogens is 273 g/mol. The predicted molar refractivity (Wildman–Crippen MR) is 75.2 cm³/mol. The van der Waals surface area contributed by atoms with Crippen LogP contribution in [0.2, 0.25) is 0 Å². The maximum atomic E-state index is 12.9. The zero-order chi connectivity index (χ0) is 14.8. The highest BCUT2D eigenvalue weighted by atomic mass is 19.1. The van der Waals surface area contributed by atoms with Gasteiger partial charge in [0.1, 0.15) is 11.6 Å². The van der Waals surface area contributed by atoms with Crippen molar-refractivity contribution < 1.29 is 19.0 Å². The van der Waals surface area contributed by atoms with Gasteiger partial charge in [0.05, 0.1) is 0 Å². The molecule has 104 valence electrons. The Bertz CT molecular complexity index is 815. The molecule has 0 atom stereocenters. The molecule has 1 N–H and O–H groups in total. The van der Waals surface area contributed by atoms with Crippen molar-refractivity contribution in [2.45, 2.75) is 0 Å². The van der Waals surface area contributed by atoms with Crippen LogP contribution in [0.3, 0.4) is 0 Å². The van der Waals surface area contributed by atoms with Crippen LogP contribution in [0, 0.1) is 5.82 Å². The minimum atomic E-state index is -1.13. The number of nitrogens with zero attached hydrogens (tertiary/aromatic N) is 1. The van der Waals surface area contributed by atoms with Gasteiger partial charge in [0, 0.05) is 5.39 Å². The highest BCUT2D eigenvalue weighted by Crippen LogP contribution is 2.28. The lowest BCUT2D eigenvalue weighted by Gasteiger charge is -2.09. The number of carboxylic acid groups (broad SMARTS) is 1. The first kappa shape index (κ1) is 13.1. The van der Waals surface area contributed by atoms with Crippen molar-refractivity contribution in [3.63, 3.8) is 0 Å². The molecule has 2 aromatic carbocycles. The van der Waals surface area contributed by atoms with Gasteiger partial charge in [-0.2, -0.15) is 0 Å². The van der Waals surface area contributed by atoms with Crippen LogP contribution in [0.4, 0.5) is 4.39 Å². The summed E-state index contributed by atoms with van der Waals surface area (Å²) in [5, 5.41) is 10.5. The first-order chi connectivity index (χ1) is 10.1. The van der Waals surface area contributed by atoms with Crippen LogP contribution in [-0.2, 0) is 0 Å². The molecule has 0 aliphatic heterocycles. The fourth-order valence-corrected chi connectivity index (χ4v) is 1.97. The molecule has 0 radical (unpaired) electrons. The van der Waals surface area contributed by atoms with Crippen molar-refractivity contribution in [2.75, 3.05) is 0 Å². The summed E-state index contributed by atoms with van der Waals surface area (Å²) in [5.41, 5.74) is -0.106. The zero-order valence-corrected chi connectivity index (χ0v) is 10.8. The van der Waals surface area contributed by atoms with Crippen LogP contribution in [0.25, 0.3) is 10.8 Å². The molecule has 4 nitrogen and oxygen atoms in total. The number of halogens is 1. The lowest BCUT2D eigenvalue weighted by atomic mass is 10.1. The molecule has 0 saturated carbocycles. The van der Waals surface area contributed by atoms with Gasteiger partial charge >= 0.3 is 5.97 Å². The van der Waals surface area contributed by atoms with Crippen molar-refractivity contribution >= 4 is 16.7 Å². The number of benzene rings is 2. The fourth-order valence-electron chi connectivity index (χ4n) is 1.97. The van der Waals surface area contributed by atoms with Crippen LogP contribution >= 0.6 is 0 Å². The smallest absolute Gasteiger partial charge is 0.354 e. The molecule has 0 unspecified atom stereocenters. The van der Waals surface area contributed by atoms with Gasteiger partial charge in [0.15, 0.2) is 5.69 Å². The summed E-state index contributed by atoms with van der Waals surface area (Å²) in [4.78, 5) is 15.1. The van der Waals surface area contributed by atoms with E-state index in [0.29, 0.717) is 16.5 Å². The van der Waals surface area contributed by atoms with E-state index in [4.69, 9.17) is 9.84 Å². The lowest BCUT2D eigenvalue weighted by molar-refractivity contribution is 0.0690. The SMILES string of the molecule is O=C(O)c1cc2ccccc2c(Oc2ccc(F)cc2)n1. The monoisotopic (exact) mass is 283 g/mol. The third-order valence-electron chi connectivity index (χ3n) is 2.95. The zero-order valence-electron chi connectivity index (χ0n) is 10.8. The van der Waals surface area contributed by atoms with Crippen LogP contribution in [-0.4, -0.2) is 16.1 Å². The Labute approximate surface area is 119 Å². The molecule has 0 amide bonds. The van der Waals surface area contributed by atoms with Crippen LogP contribution in [0.1, 0.15) is 10.5 Å². The summed E-state index contributed by atoms with van der Waals surface area (Å²) in [6.45, 7) is 0. The number of pyridine rings is 1. The molecule has 0 aliphatic rings. The number of aromatic carboxylic acids is 1. The second-order valence-corrected chi connectivity index (χ2v) is 4.39. The number of hydrogen-bond acceptors (Lipinski definition) is 3. The Hall–Kier alpha value is -2.95. The van der Waals surface area contributed by atoms with E-state index >= 15 is 0 Å². The lowest BCUT2D eigenvalue weighted by Crippen LogP contribution is -2.02. The molecule has 5 heteroatoms. The van der Waals surface area contributed by atoms with E-state index in [1.54, 1.807) is 18.2 Å². The van der Waals surface area contributed by atoms with E-state index in [0.717, 1.165) is 0 Å². The summed E-state index contributed by atoms with van der Waals surface area (Å²) >= 11 is 0. The second kappa shape index (κ2) is 5.20. The Morgan fingerprint density at radius 1 is 1.10 bits per heavy atom. The van der Waals surface area contributed by atoms with Crippen molar-refractivity contribution in [1.29, 1.82) is 0 Å². The van der Waals surface area contributed by atoms with Crippen molar-refractivity contribution in [1.82, 2.24) is 4.98 Å². The second-order valence-electron chi connectivity index (χ2n) is 4.39. The summed E-state index contributed by atoms with van der Waals surface area (Å²) in [6.07, 6.45) is 0. The standard InChI is InChI=1S/C16H10FNO3/c17-11-5-7-12(8-6-11)21-15-13-4-2-1-3-10(13)9-14(18-15)16(19)20/h1-9H,(H,19,20). The molecule has 1 heterocycles. The van der Waals surface area contributed by atoms with E-state index in [-0.39, 0.29) is 17.4 Å². The van der Waals surface area contributed by atoms with E-state index in [1.165, 1.54) is 30.3 Å². The summed E-state index contributed by atoms with van der Waals surface area (Å²) < 4.78 is 18.5. The van der Waals surface area contributed by atoms with Gasteiger partial charge in [-0.15, -0.1) is 0 Å². The van der Waals surface area contributed by atoms with Gasteiger partial charge in [0.2, 0.25) is 5.88 Å². The molecule has 0 saturated heterocycles. The Morgan fingerprint density at radius 3 is 2.52 bits per heavy atom. The van der Waals surface area contributed by atoms with Crippen molar-refractivity contribution in [2.24, 2.45) is 0 Å². The first-order valence-corrected chi connectivity index (χ1v) is 6.20. The maximum Gasteiger partial charge on any atom is 0.354 e. The number of fused-ring (bicyclic) bond motifs is 1. The Morgan fingerprint density at radius 2 is 1.81 bits per heavy atom. The van der Waals surface area contributed by atoms with E-state index in [9.17, 15) is 9.18 Å². The summed E-state index contributed by atoms with van der Waals surface area (Å²) in [7, 11) is 0. The number of hydrogen-bond donors (Lipinski definition) is 1. The molecule has 3 rings (SSSR count). The van der Waals surface area contributed by atoms with Crippen LogP contribution < -0.4 is 4.74 Å². The largest absolute Gasteiger partial charge is 0.477 e. The summed E-state index contributed by atoms with van der Waals surface area (Å²) in [6, 6.07) is 14.1. The first-order valence-electron chi connectivity index (χ1n) is 6.20. The molecule has 3 aromatic rings. The topological polar surface area (TPSA) is 59.4 Å². The van der Waals surface area contributed by atoms with Gasteiger partial charge in [0.25, 0.3) is 0 Å². The molecular formula is C16H10FNO3. The normalized spacial score (nSPS) is 10.5. The number of rotatable bonds is 3. The average Bonchev–Trinajstić information content (AvgIpc) is 2.49. The van der Waals surface area contributed by atoms with Gasteiger partial charge in [-0.3, -0.25) is 0 Å². The number of carboxylic acids is 1. The summed E-state index contributed by atoms with van der Waals surface area (Å²) in [5.74, 6) is -0.946. The van der Waals surface area contributed by atoms with Gasteiger partial charge < -0.3 is 9.84 Å². The van der Waals surface area contributed by atoms with Gasteiger partial charge in [-0.1, -0.05) is 18.2 Å². The van der Waals surface area contributed by atoms with Crippen LogP contribution in [0.15, 0.2) is 54.6 Å². The van der Waals surface area contributed by atoms with Crippen LogP contribution in [0.5, 0.6) is 11.6 Å². The Balaban J connectivity index is 2.11. The van der Waals surface area contributed by atoms with Crippen molar-refractivity contribution in [3.8, 4) is 11.6 Å². The quantitative estimate of drug-likeness (QED) is 0.792. The molecule has 0 spiro atoms. The molecule has 0 fully saturated rings. The maximum absolute atomic E-state index is 12.9. The minimum Gasteiger partial charge on any atom is -0.477 e. The minimum absolute atomic E-state index is 0.106. The van der Waals surface area contributed by atoms with E-state index in [1.807, 2.05) is 6.07 Å². The van der Waals surface area contributed by atoms with E-state index < -0.39 is 5.97 Å². The number of aromatic nitrogens is 1. The average molecular weight is 283 g/mol. The van der Waals surface area contributed by atoms with E-state index in [2.05, 4.69) is 4.98 Å². The number of ether oxygens (including phenoxy) is 1.